The van der Waals surface area contributed by atoms with E-state index in [2.05, 4.69) is 29.2 Å². The van der Waals surface area contributed by atoms with Crippen LogP contribution < -0.4 is 4.74 Å². The van der Waals surface area contributed by atoms with Gasteiger partial charge in [0.15, 0.2) is 5.54 Å². The van der Waals surface area contributed by atoms with E-state index in [4.69, 9.17) is 4.74 Å². The second kappa shape index (κ2) is 9.11. The van der Waals surface area contributed by atoms with Crippen LogP contribution in [-0.2, 0) is 21.5 Å². The number of H-pyrrole nitrogens is 1. The number of amides is 2. The normalized spacial score (nSPS) is 21.2. The molecule has 2 aliphatic rings. The number of benzene rings is 3. The van der Waals surface area contributed by atoms with Gasteiger partial charge in [-0.2, -0.15) is 0 Å². The predicted molar refractivity (Wildman–Crippen MR) is 144 cm³/mol. The molecule has 6 nitrogen and oxygen atoms in total. The van der Waals surface area contributed by atoms with Gasteiger partial charge < -0.3 is 19.5 Å². The average molecular weight is 494 g/mol. The van der Waals surface area contributed by atoms with Gasteiger partial charge in [-0.3, -0.25) is 9.59 Å². The van der Waals surface area contributed by atoms with Crippen molar-refractivity contribution in [3.05, 3.63) is 101 Å². The number of carbonyl (C=O) groups excluding carboxylic acids is 2. The molecule has 0 bridgehead atoms. The topological polar surface area (TPSA) is 65.6 Å². The Morgan fingerprint density at radius 3 is 2.51 bits per heavy atom. The Kier molecular flexibility index (Phi) is 5.75. The third-order valence-corrected chi connectivity index (χ3v) is 8.07. The molecule has 1 saturated heterocycles. The van der Waals surface area contributed by atoms with Gasteiger partial charge in [0, 0.05) is 35.5 Å². The van der Waals surface area contributed by atoms with Crippen LogP contribution in [0.3, 0.4) is 0 Å². The van der Waals surface area contributed by atoms with Gasteiger partial charge >= 0.3 is 0 Å². The van der Waals surface area contributed by atoms with Gasteiger partial charge in [0.05, 0.1) is 19.3 Å². The standard InChI is InChI=1S/C31H31N3O3/c1-31-29-28(23-15-6-8-16-25(23)32-29)24(22-14-7-9-17-26(22)37-2)19-34(31)27(35)20-33(30(31)36)18-10-13-21-11-4-3-5-12-21/h3-9,11-12,14-17,24,32H,10,13,18-20H2,1-2H3/t24-,31-/m0/s1. The van der Waals surface area contributed by atoms with Gasteiger partial charge in [-0.05, 0) is 43.0 Å². The minimum atomic E-state index is -1.09. The molecule has 0 saturated carbocycles. The number of hydrogen-bond donors (Lipinski definition) is 1. The van der Waals surface area contributed by atoms with Gasteiger partial charge in [0.25, 0.3) is 5.91 Å². The molecule has 2 aliphatic heterocycles. The van der Waals surface area contributed by atoms with E-state index in [1.807, 2.05) is 61.5 Å². The predicted octanol–water partition coefficient (Wildman–Crippen LogP) is 4.84. The molecule has 2 amide bonds. The Bertz CT molecular complexity index is 1480. The van der Waals surface area contributed by atoms with E-state index < -0.39 is 5.54 Å². The van der Waals surface area contributed by atoms with E-state index in [0.29, 0.717) is 13.1 Å². The maximum absolute atomic E-state index is 14.2. The van der Waals surface area contributed by atoms with Crippen LogP contribution >= 0.6 is 0 Å². The van der Waals surface area contributed by atoms with Gasteiger partial charge in [-0.1, -0.05) is 66.7 Å². The molecule has 188 valence electrons. The third-order valence-electron chi connectivity index (χ3n) is 8.07. The summed E-state index contributed by atoms with van der Waals surface area (Å²) in [6.45, 7) is 2.99. The summed E-state index contributed by atoms with van der Waals surface area (Å²) < 4.78 is 5.72. The molecule has 0 radical (unpaired) electrons. The van der Waals surface area contributed by atoms with Crippen molar-refractivity contribution in [1.82, 2.24) is 14.8 Å². The SMILES string of the molecule is COc1ccccc1[C@@H]1CN2C(=O)CN(CCCc3ccccc3)C(=O)[C@]2(C)c2[nH]c3ccccc3c21. The molecule has 37 heavy (non-hydrogen) atoms. The first kappa shape index (κ1) is 23.3. The van der Waals surface area contributed by atoms with Crippen LogP contribution in [0.4, 0.5) is 0 Å². The first-order valence-corrected chi connectivity index (χ1v) is 12.9. The number of rotatable bonds is 6. The van der Waals surface area contributed by atoms with E-state index in [0.717, 1.165) is 46.3 Å². The monoisotopic (exact) mass is 493 g/mol. The van der Waals surface area contributed by atoms with E-state index in [1.165, 1.54) is 5.56 Å². The lowest BCUT2D eigenvalue weighted by Crippen LogP contribution is -2.67. The number of fused-ring (bicyclic) bond motifs is 5. The zero-order valence-corrected chi connectivity index (χ0v) is 21.2. The first-order valence-electron chi connectivity index (χ1n) is 12.9. The maximum atomic E-state index is 14.2. The zero-order valence-electron chi connectivity index (χ0n) is 21.2. The minimum absolute atomic E-state index is 0.0218. The van der Waals surface area contributed by atoms with E-state index in [1.54, 1.807) is 16.9 Å². The number of carbonyl (C=O) groups is 2. The highest BCUT2D eigenvalue weighted by Crippen LogP contribution is 2.49. The Morgan fingerprint density at radius 2 is 1.70 bits per heavy atom. The summed E-state index contributed by atoms with van der Waals surface area (Å²) in [5.74, 6) is 0.625. The molecule has 2 atom stereocenters. The van der Waals surface area contributed by atoms with Gasteiger partial charge in [-0.15, -0.1) is 0 Å². The summed E-state index contributed by atoms with van der Waals surface area (Å²) in [5.41, 5.74) is 4.02. The van der Waals surface area contributed by atoms with Crippen molar-refractivity contribution in [2.75, 3.05) is 26.7 Å². The largest absolute Gasteiger partial charge is 0.496 e. The lowest BCUT2D eigenvalue weighted by atomic mass is 9.76. The van der Waals surface area contributed by atoms with Crippen molar-refractivity contribution in [1.29, 1.82) is 0 Å². The Labute approximate surface area is 216 Å². The fraction of sp³-hybridized carbons (Fsp3) is 0.290. The summed E-state index contributed by atoms with van der Waals surface area (Å²) in [6.07, 6.45) is 1.68. The highest BCUT2D eigenvalue weighted by atomic mass is 16.5. The van der Waals surface area contributed by atoms with Crippen molar-refractivity contribution >= 4 is 22.7 Å². The molecule has 1 aromatic heterocycles. The van der Waals surface area contributed by atoms with Crippen LogP contribution in [0.25, 0.3) is 10.9 Å². The fourth-order valence-corrected chi connectivity index (χ4v) is 6.21. The first-order chi connectivity index (χ1) is 18.0. The average Bonchev–Trinajstić information content (AvgIpc) is 3.33. The quantitative estimate of drug-likeness (QED) is 0.418. The number of aromatic nitrogens is 1. The lowest BCUT2D eigenvalue weighted by molar-refractivity contribution is -0.166. The minimum Gasteiger partial charge on any atom is -0.496 e. The zero-order chi connectivity index (χ0) is 25.6. The number of piperazine rings is 1. The van der Waals surface area contributed by atoms with Crippen molar-refractivity contribution in [2.24, 2.45) is 0 Å². The number of nitrogens with one attached hydrogen (secondary N) is 1. The van der Waals surface area contributed by atoms with Crippen LogP contribution in [0.5, 0.6) is 5.75 Å². The number of ether oxygens (including phenoxy) is 1. The van der Waals surface area contributed by atoms with Gasteiger partial charge in [0.2, 0.25) is 5.91 Å². The van der Waals surface area contributed by atoms with E-state index in [-0.39, 0.29) is 24.3 Å². The smallest absolute Gasteiger partial charge is 0.254 e. The second-order valence-corrected chi connectivity index (χ2v) is 10.1. The molecule has 3 aromatic carbocycles. The molecule has 0 unspecified atom stereocenters. The summed E-state index contributed by atoms with van der Waals surface area (Å²) in [4.78, 5) is 34.9. The Hall–Kier alpha value is -4.06. The van der Waals surface area contributed by atoms with Crippen molar-refractivity contribution < 1.29 is 14.3 Å². The molecule has 4 aromatic rings. The summed E-state index contributed by atoms with van der Waals surface area (Å²) in [5, 5.41) is 1.08. The molecule has 6 rings (SSSR count). The number of aromatic amines is 1. The van der Waals surface area contributed by atoms with Gasteiger partial charge in [-0.25, -0.2) is 0 Å². The number of aryl methyl sites for hydroxylation is 1. The van der Waals surface area contributed by atoms with Crippen LogP contribution in [-0.4, -0.2) is 53.3 Å². The fourth-order valence-electron chi connectivity index (χ4n) is 6.21. The van der Waals surface area contributed by atoms with Crippen LogP contribution in [0.1, 0.15) is 41.6 Å². The number of para-hydroxylation sites is 2. The van der Waals surface area contributed by atoms with Crippen molar-refractivity contribution in [3.63, 3.8) is 0 Å². The summed E-state index contributed by atoms with van der Waals surface area (Å²) >= 11 is 0. The highest BCUT2D eigenvalue weighted by molar-refractivity contribution is 6.01. The highest BCUT2D eigenvalue weighted by Gasteiger charge is 2.56. The molecule has 3 heterocycles. The van der Waals surface area contributed by atoms with Gasteiger partial charge in [0.1, 0.15) is 5.75 Å². The molecule has 0 aliphatic carbocycles. The number of nitrogens with zero attached hydrogens (tertiary/aromatic N) is 2. The Balaban J connectivity index is 1.41. The van der Waals surface area contributed by atoms with Crippen LogP contribution in [0.2, 0.25) is 0 Å². The summed E-state index contributed by atoms with van der Waals surface area (Å²) in [7, 11) is 1.67. The van der Waals surface area contributed by atoms with Crippen molar-refractivity contribution in [3.8, 4) is 5.75 Å². The molecular weight excluding hydrogens is 462 g/mol. The van der Waals surface area contributed by atoms with E-state index >= 15 is 0 Å². The van der Waals surface area contributed by atoms with E-state index in [9.17, 15) is 9.59 Å². The maximum Gasteiger partial charge on any atom is 0.254 e. The van der Waals surface area contributed by atoms with Crippen LogP contribution in [0, 0.1) is 0 Å². The van der Waals surface area contributed by atoms with Crippen molar-refractivity contribution in [2.45, 2.75) is 31.2 Å². The molecule has 6 heteroatoms. The van der Waals surface area contributed by atoms with Crippen LogP contribution in [0.15, 0.2) is 78.9 Å². The Morgan fingerprint density at radius 1 is 0.973 bits per heavy atom. The summed E-state index contributed by atoms with van der Waals surface area (Å²) in [6, 6.07) is 26.4. The molecule has 1 N–H and O–H groups in total. The molecule has 1 fully saturated rings. The third kappa shape index (κ3) is 3.70. The molecule has 0 spiro atoms. The molecular formula is C31H31N3O3. The lowest BCUT2D eigenvalue weighted by Gasteiger charge is -2.51. The number of hydrogen-bond acceptors (Lipinski definition) is 3. The second-order valence-electron chi connectivity index (χ2n) is 10.1. The number of methoxy groups -OCH3 is 1.